The second-order valence-corrected chi connectivity index (χ2v) is 11.3. The van der Waals surface area contributed by atoms with Crippen molar-refractivity contribution in [2.24, 2.45) is 5.41 Å². The lowest BCUT2D eigenvalue weighted by Gasteiger charge is -2.30. The number of ether oxygens (including phenoxy) is 2. The van der Waals surface area contributed by atoms with Crippen LogP contribution in [0, 0.1) is 19.3 Å². The van der Waals surface area contributed by atoms with E-state index in [1.54, 1.807) is 6.92 Å². The highest BCUT2D eigenvalue weighted by atomic mass is 16.5. The number of benzene rings is 3. The Bertz CT molecular complexity index is 1290. The molecule has 0 saturated carbocycles. The monoisotopic (exact) mass is 558 g/mol. The third-order valence-corrected chi connectivity index (χ3v) is 7.78. The first-order valence-corrected chi connectivity index (χ1v) is 14.7. The van der Waals surface area contributed by atoms with Crippen LogP contribution in [0.1, 0.15) is 62.6 Å². The molecule has 0 radical (unpaired) electrons. The minimum absolute atomic E-state index is 0.0649. The lowest BCUT2D eigenvalue weighted by atomic mass is 9.81. The van der Waals surface area contributed by atoms with Crippen LogP contribution in [0.5, 0.6) is 5.75 Å². The molecule has 0 amide bonds. The second-order valence-electron chi connectivity index (χ2n) is 11.3. The van der Waals surface area contributed by atoms with E-state index in [9.17, 15) is 15.0 Å². The van der Waals surface area contributed by atoms with E-state index in [2.05, 4.69) is 81.9 Å². The first kappa shape index (κ1) is 32.1. The zero-order valence-corrected chi connectivity index (χ0v) is 25.2. The molecule has 0 bridgehead atoms. The standard InChI is InChI=1S/C36H46O5/c1-6-7-18-36(24-37,25-38)19-21-40-34-17-15-31(23-32(34)9-8-20-41-35(39)26(2)3)33-16-14-30(22-28(33)5)29-12-10-27(4)11-13-29/h10-17,22-23,37-38H,2,6-9,18-21,24-25H2,1,3-5H3. The van der Waals surface area contributed by atoms with Gasteiger partial charge in [-0.2, -0.15) is 0 Å². The molecule has 0 fully saturated rings. The second kappa shape index (κ2) is 15.6. The molecule has 0 heterocycles. The van der Waals surface area contributed by atoms with Crippen LogP contribution < -0.4 is 4.74 Å². The average molecular weight is 559 g/mol. The Balaban J connectivity index is 1.82. The van der Waals surface area contributed by atoms with Crippen LogP contribution in [-0.4, -0.2) is 42.6 Å². The van der Waals surface area contributed by atoms with Crippen molar-refractivity contribution in [1.82, 2.24) is 0 Å². The summed E-state index contributed by atoms with van der Waals surface area (Å²) < 4.78 is 11.6. The predicted molar refractivity (Wildman–Crippen MR) is 167 cm³/mol. The van der Waals surface area contributed by atoms with Crippen LogP contribution in [0.2, 0.25) is 0 Å². The summed E-state index contributed by atoms with van der Waals surface area (Å²) >= 11 is 0. The summed E-state index contributed by atoms with van der Waals surface area (Å²) in [7, 11) is 0. The lowest BCUT2D eigenvalue weighted by Crippen LogP contribution is -2.32. The molecule has 5 heteroatoms. The van der Waals surface area contributed by atoms with Gasteiger partial charge < -0.3 is 19.7 Å². The third-order valence-electron chi connectivity index (χ3n) is 7.78. The molecule has 3 aromatic rings. The molecule has 0 spiro atoms. The van der Waals surface area contributed by atoms with Crippen molar-refractivity contribution < 1.29 is 24.5 Å². The van der Waals surface area contributed by atoms with Gasteiger partial charge in [-0.25, -0.2) is 4.79 Å². The summed E-state index contributed by atoms with van der Waals surface area (Å²) in [5.41, 5.74) is 7.94. The predicted octanol–water partition coefficient (Wildman–Crippen LogP) is 7.62. The maximum absolute atomic E-state index is 11.8. The van der Waals surface area contributed by atoms with Gasteiger partial charge in [0.05, 0.1) is 26.4 Å². The van der Waals surface area contributed by atoms with Crippen molar-refractivity contribution >= 4 is 5.97 Å². The van der Waals surface area contributed by atoms with Gasteiger partial charge in [0.25, 0.3) is 0 Å². The number of rotatable bonds is 16. The number of aliphatic hydroxyl groups excluding tert-OH is 2. The van der Waals surface area contributed by atoms with E-state index in [4.69, 9.17) is 9.47 Å². The molecule has 3 aromatic carbocycles. The summed E-state index contributed by atoms with van der Waals surface area (Å²) in [4.78, 5) is 11.8. The normalized spacial score (nSPS) is 11.4. The number of aryl methyl sites for hydroxylation is 3. The highest BCUT2D eigenvalue weighted by Crippen LogP contribution is 2.33. The number of unbranched alkanes of at least 4 members (excludes halogenated alkanes) is 1. The molecule has 0 atom stereocenters. The molecular formula is C36H46O5. The van der Waals surface area contributed by atoms with Crippen LogP contribution in [0.4, 0.5) is 0 Å². The highest BCUT2D eigenvalue weighted by Gasteiger charge is 2.28. The minimum atomic E-state index is -0.539. The molecule has 0 aliphatic carbocycles. The third kappa shape index (κ3) is 9.04. The number of esters is 1. The zero-order valence-electron chi connectivity index (χ0n) is 25.2. The van der Waals surface area contributed by atoms with Crippen LogP contribution in [-0.2, 0) is 16.0 Å². The summed E-state index contributed by atoms with van der Waals surface area (Å²) in [5, 5.41) is 20.0. The van der Waals surface area contributed by atoms with Gasteiger partial charge >= 0.3 is 5.97 Å². The van der Waals surface area contributed by atoms with Gasteiger partial charge in [0, 0.05) is 11.0 Å². The lowest BCUT2D eigenvalue weighted by molar-refractivity contribution is -0.139. The highest BCUT2D eigenvalue weighted by molar-refractivity contribution is 5.86. The summed E-state index contributed by atoms with van der Waals surface area (Å²) in [6.45, 7) is 12.2. The van der Waals surface area contributed by atoms with Gasteiger partial charge in [0.15, 0.2) is 0 Å². The van der Waals surface area contributed by atoms with Crippen LogP contribution in [0.3, 0.4) is 0 Å². The van der Waals surface area contributed by atoms with Crippen LogP contribution >= 0.6 is 0 Å². The van der Waals surface area contributed by atoms with E-state index in [0.29, 0.717) is 38.0 Å². The maximum atomic E-state index is 11.8. The fraction of sp³-hybridized carbons (Fsp3) is 0.417. The Morgan fingerprint density at radius 1 is 0.854 bits per heavy atom. The van der Waals surface area contributed by atoms with E-state index in [0.717, 1.165) is 41.7 Å². The SMILES string of the molecule is C=C(C)C(=O)OCCCc1cc(-c2ccc(-c3ccc(C)cc3)cc2C)ccc1OCCC(CO)(CO)CCCC. The Morgan fingerprint density at radius 3 is 2.17 bits per heavy atom. The van der Waals surface area contributed by atoms with Crippen molar-refractivity contribution in [3.05, 3.63) is 89.5 Å². The number of hydrogen-bond acceptors (Lipinski definition) is 5. The average Bonchev–Trinajstić information content (AvgIpc) is 2.98. The topological polar surface area (TPSA) is 76.0 Å². The number of carbonyl (C=O) groups excluding carboxylic acids is 1. The van der Waals surface area contributed by atoms with E-state index in [1.807, 2.05) is 6.07 Å². The molecule has 41 heavy (non-hydrogen) atoms. The number of aliphatic hydroxyl groups is 2. The van der Waals surface area contributed by atoms with Crippen molar-refractivity contribution in [2.45, 2.75) is 66.2 Å². The molecular weight excluding hydrogens is 512 g/mol. The van der Waals surface area contributed by atoms with E-state index in [-0.39, 0.29) is 19.2 Å². The van der Waals surface area contributed by atoms with Crippen LogP contribution in [0.25, 0.3) is 22.3 Å². The first-order valence-electron chi connectivity index (χ1n) is 14.7. The van der Waals surface area contributed by atoms with Crippen LogP contribution in [0.15, 0.2) is 72.8 Å². The molecule has 0 aromatic heterocycles. The fourth-order valence-corrected chi connectivity index (χ4v) is 4.97. The molecule has 0 saturated heterocycles. The van der Waals surface area contributed by atoms with Crippen molar-refractivity contribution in [3.8, 4) is 28.0 Å². The Kier molecular flexibility index (Phi) is 12.2. The fourth-order valence-electron chi connectivity index (χ4n) is 4.97. The molecule has 0 aliphatic heterocycles. The first-order chi connectivity index (χ1) is 19.7. The molecule has 220 valence electrons. The molecule has 2 N–H and O–H groups in total. The Labute approximate surface area is 245 Å². The number of hydrogen-bond donors (Lipinski definition) is 2. The molecule has 0 unspecified atom stereocenters. The quantitative estimate of drug-likeness (QED) is 0.107. The molecule has 5 nitrogen and oxygen atoms in total. The smallest absolute Gasteiger partial charge is 0.333 e. The minimum Gasteiger partial charge on any atom is -0.493 e. The number of carbonyl (C=O) groups is 1. The van der Waals surface area contributed by atoms with Gasteiger partial charge in [0.1, 0.15) is 5.75 Å². The summed E-state index contributed by atoms with van der Waals surface area (Å²) in [5.74, 6) is 0.394. The van der Waals surface area contributed by atoms with Gasteiger partial charge in [-0.3, -0.25) is 0 Å². The van der Waals surface area contributed by atoms with Crippen molar-refractivity contribution in [3.63, 3.8) is 0 Å². The van der Waals surface area contributed by atoms with E-state index < -0.39 is 5.41 Å². The van der Waals surface area contributed by atoms with Crippen molar-refractivity contribution in [2.75, 3.05) is 26.4 Å². The van der Waals surface area contributed by atoms with Gasteiger partial charge in [-0.15, -0.1) is 0 Å². The van der Waals surface area contributed by atoms with E-state index in [1.165, 1.54) is 22.3 Å². The zero-order chi connectivity index (χ0) is 29.8. The Morgan fingerprint density at radius 2 is 1.54 bits per heavy atom. The maximum Gasteiger partial charge on any atom is 0.333 e. The largest absolute Gasteiger partial charge is 0.493 e. The molecule has 3 rings (SSSR count). The van der Waals surface area contributed by atoms with Gasteiger partial charge in [0.2, 0.25) is 0 Å². The van der Waals surface area contributed by atoms with E-state index >= 15 is 0 Å². The molecule has 0 aliphatic rings. The summed E-state index contributed by atoms with van der Waals surface area (Å²) in [6, 6.07) is 21.4. The van der Waals surface area contributed by atoms with Crippen molar-refractivity contribution in [1.29, 1.82) is 0 Å². The summed E-state index contributed by atoms with van der Waals surface area (Å²) in [6.07, 6.45) is 4.61. The van der Waals surface area contributed by atoms with Gasteiger partial charge in [-0.1, -0.05) is 80.4 Å². The Hall–Kier alpha value is -3.41. The van der Waals surface area contributed by atoms with Gasteiger partial charge in [-0.05, 0) is 92.0 Å².